The first-order valence-electron chi connectivity index (χ1n) is 11.6. The largest absolute Gasteiger partial charge is 0.467 e. The summed E-state index contributed by atoms with van der Waals surface area (Å²) < 4.78 is 61.1. The Labute approximate surface area is 208 Å². The maximum Gasteiger partial charge on any atom is 0.234 e. The molecule has 0 saturated carbocycles. The van der Waals surface area contributed by atoms with Crippen LogP contribution in [0.5, 0.6) is 0 Å². The highest BCUT2D eigenvalue weighted by Crippen LogP contribution is 2.37. The van der Waals surface area contributed by atoms with Gasteiger partial charge in [0.05, 0.1) is 61.7 Å². The summed E-state index contributed by atoms with van der Waals surface area (Å²) >= 11 is 0. The first-order chi connectivity index (χ1) is 17.1. The van der Waals surface area contributed by atoms with Crippen molar-refractivity contribution < 1.29 is 35.3 Å². The van der Waals surface area contributed by atoms with Gasteiger partial charge in [-0.15, -0.1) is 0 Å². The molecule has 4 atom stereocenters. The highest BCUT2D eigenvalue weighted by molar-refractivity contribution is 7.92. The molecule has 2 aromatic heterocycles. The summed E-state index contributed by atoms with van der Waals surface area (Å²) in [6, 6.07) is 4.44. The number of nitrogens with zero attached hydrogens (tertiary/aromatic N) is 2. The normalized spacial score (nSPS) is 28.9. The van der Waals surface area contributed by atoms with E-state index in [4.69, 9.17) is 8.83 Å². The van der Waals surface area contributed by atoms with Crippen molar-refractivity contribution in [1.82, 2.24) is 20.4 Å². The predicted octanol–water partition coefficient (Wildman–Crippen LogP) is -1.25. The van der Waals surface area contributed by atoms with Crippen molar-refractivity contribution in [2.45, 2.75) is 37.3 Å². The molecule has 14 heteroatoms. The first kappa shape index (κ1) is 25.0. The minimum atomic E-state index is -3.45. The van der Waals surface area contributed by atoms with Crippen LogP contribution >= 0.6 is 0 Å². The Bertz CT molecular complexity index is 1170. The minimum Gasteiger partial charge on any atom is -0.467 e. The smallest absolute Gasteiger partial charge is 0.234 e. The Morgan fingerprint density at radius 2 is 1.08 bits per heavy atom. The van der Waals surface area contributed by atoms with Crippen LogP contribution in [0.4, 0.5) is 0 Å². The van der Waals surface area contributed by atoms with E-state index in [-0.39, 0.29) is 61.0 Å². The van der Waals surface area contributed by atoms with Crippen molar-refractivity contribution in [2.75, 3.05) is 36.1 Å². The third-order valence-electron chi connectivity index (χ3n) is 7.02. The van der Waals surface area contributed by atoms with Crippen LogP contribution in [0.25, 0.3) is 0 Å². The van der Waals surface area contributed by atoms with E-state index < -0.39 is 43.8 Å². The van der Waals surface area contributed by atoms with Crippen molar-refractivity contribution in [1.29, 1.82) is 0 Å². The van der Waals surface area contributed by atoms with Gasteiger partial charge in [0.25, 0.3) is 0 Å². The molecule has 0 spiro atoms. The molecule has 3 aliphatic heterocycles. The van der Waals surface area contributed by atoms with Gasteiger partial charge in [0, 0.05) is 24.2 Å². The van der Waals surface area contributed by atoms with Gasteiger partial charge in [-0.05, 0) is 24.3 Å². The van der Waals surface area contributed by atoms with Gasteiger partial charge >= 0.3 is 0 Å². The summed E-state index contributed by atoms with van der Waals surface area (Å²) in [4.78, 5) is 29.0. The first-order valence-corrected chi connectivity index (χ1v) is 15.2. The standard InChI is InChI=1S/C22H28N4O8S2/c27-21(23-7-15-3-1-5-33-15)9-25-17-11-35(29,30)13-19(17)26(20-14-36(31,32)12-18(20)25)10-22(28)24-8-16-4-2-6-34-16/h1-6,17-20H,7-14H2,(H,23,27)(H,24,28). The van der Waals surface area contributed by atoms with Crippen molar-refractivity contribution in [2.24, 2.45) is 0 Å². The number of hydrogen-bond donors (Lipinski definition) is 2. The van der Waals surface area contributed by atoms with Gasteiger partial charge in [-0.1, -0.05) is 0 Å². The molecule has 2 N–H and O–H groups in total. The average molecular weight is 541 g/mol. The highest BCUT2D eigenvalue weighted by Gasteiger charge is 2.58. The van der Waals surface area contributed by atoms with E-state index in [9.17, 15) is 26.4 Å². The Morgan fingerprint density at radius 1 is 0.722 bits per heavy atom. The molecule has 0 aromatic carbocycles. The summed E-state index contributed by atoms with van der Waals surface area (Å²) in [5, 5.41) is 5.49. The maximum atomic E-state index is 12.8. The summed E-state index contributed by atoms with van der Waals surface area (Å²) in [6.07, 6.45) is 2.99. The third-order valence-corrected chi connectivity index (χ3v) is 10.4. The van der Waals surface area contributed by atoms with E-state index in [1.54, 1.807) is 34.1 Å². The highest BCUT2D eigenvalue weighted by atomic mass is 32.2. The molecular weight excluding hydrogens is 512 g/mol. The zero-order valence-corrected chi connectivity index (χ0v) is 21.0. The van der Waals surface area contributed by atoms with E-state index >= 15 is 0 Å². The molecule has 2 aromatic rings. The van der Waals surface area contributed by atoms with Crippen LogP contribution in [0.15, 0.2) is 45.6 Å². The van der Waals surface area contributed by atoms with Crippen molar-refractivity contribution >= 4 is 31.5 Å². The Balaban J connectivity index is 1.35. The summed E-state index contributed by atoms with van der Waals surface area (Å²) in [7, 11) is -6.90. The van der Waals surface area contributed by atoms with E-state index in [0.29, 0.717) is 11.5 Å². The summed E-state index contributed by atoms with van der Waals surface area (Å²) in [5.41, 5.74) is 0. The molecule has 0 aliphatic carbocycles. The number of rotatable bonds is 8. The Hall–Kier alpha value is -2.68. The zero-order chi connectivity index (χ0) is 25.5. The second kappa shape index (κ2) is 9.65. The number of nitrogens with one attached hydrogen (secondary N) is 2. The Morgan fingerprint density at radius 3 is 1.39 bits per heavy atom. The lowest BCUT2D eigenvalue weighted by Gasteiger charge is -2.50. The summed E-state index contributed by atoms with van der Waals surface area (Å²) in [5.74, 6) is -0.376. The fraction of sp³-hybridized carbons (Fsp3) is 0.545. The molecule has 0 radical (unpaired) electrons. The second-order valence-corrected chi connectivity index (χ2v) is 13.8. The molecule has 2 amide bonds. The lowest BCUT2D eigenvalue weighted by atomic mass is 9.94. The summed E-state index contributed by atoms with van der Waals surface area (Å²) in [6.45, 7) is 0.0417. The molecule has 5 heterocycles. The van der Waals surface area contributed by atoms with Gasteiger partial charge in [0.15, 0.2) is 19.7 Å². The van der Waals surface area contributed by atoms with Gasteiger partial charge in [-0.25, -0.2) is 16.8 Å². The average Bonchev–Trinajstić information content (AvgIpc) is 3.59. The number of carbonyl (C=O) groups is 2. The minimum absolute atomic E-state index is 0.146. The molecule has 0 bridgehead atoms. The van der Waals surface area contributed by atoms with Crippen LogP contribution in [0.1, 0.15) is 11.5 Å². The zero-order valence-electron chi connectivity index (χ0n) is 19.4. The molecule has 3 aliphatic rings. The number of amides is 2. The van der Waals surface area contributed by atoms with Crippen molar-refractivity contribution in [3.05, 3.63) is 48.3 Å². The fourth-order valence-corrected chi connectivity index (χ4v) is 9.50. The van der Waals surface area contributed by atoms with Gasteiger partial charge in [0.2, 0.25) is 11.8 Å². The third kappa shape index (κ3) is 5.36. The lowest BCUT2D eigenvalue weighted by Crippen LogP contribution is -2.69. The van der Waals surface area contributed by atoms with Crippen molar-refractivity contribution in [3.63, 3.8) is 0 Å². The number of furan rings is 2. The second-order valence-electron chi connectivity index (χ2n) is 9.48. The van der Waals surface area contributed by atoms with Gasteiger partial charge in [-0.2, -0.15) is 0 Å². The monoisotopic (exact) mass is 540 g/mol. The van der Waals surface area contributed by atoms with Crippen LogP contribution in [-0.4, -0.2) is 98.7 Å². The lowest BCUT2D eigenvalue weighted by molar-refractivity contribution is -0.130. The number of fused-ring (bicyclic) bond motifs is 2. The van der Waals surface area contributed by atoms with E-state index in [2.05, 4.69) is 10.6 Å². The number of sulfone groups is 2. The maximum absolute atomic E-state index is 12.8. The number of hydrogen-bond acceptors (Lipinski definition) is 10. The molecule has 4 unspecified atom stereocenters. The number of piperazine rings is 1. The molecule has 3 fully saturated rings. The SMILES string of the molecule is O=C(CN1C2CS(=O)(=O)CC2N(CC(=O)NCc2ccco2)C2CS(=O)(=O)CC21)NCc1ccco1. The van der Waals surface area contributed by atoms with Crippen molar-refractivity contribution in [3.8, 4) is 0 Å². The van der Waals surface area contributed by atoms with Gasteiger partial charge in [-0.3, -0.25) is 19.4 Å². The molecule has 196 valence electrons. The fourth-order valence-electron chi connectivity index (χ4n) is 5.49. The molecule has 3 saturated heterocycles. The van der Waals surface area contributed by atoms with Crippen LogP contribution in [0.3, 0.4) is 0 Å². The number of carbonyl (C=O) groups excluding carboxylic acids is 2. The Kier molecular flexibility index (Phi) is 6.70. The van der Waals surface area contributed by atoms with Crippen LogP contribution in [0, 0.1) is 0 Å². The van der Waals surface area contributed by atoms with E-state index in [1.165, 1.54) is 12.5 Å². The molecular formula is C22H28N4O8S2. The van der Waals surface area contributed by atoms with E-state index in [1.807, 2.05) is 0 Å². The topological polar surface area (TPSA) is 159 Å². The quantitative estimate of drug-likeness (QED) is 0.414. The van der Waals surface area contributed by atoms with Crippen LogP contribution in [-0.2, 0) is 42.4 Å². The van der Waals surface area contributed by atoms with E-state index in [0.717, 1.165) is 0 Å². The molecule has 12 nitrogen and oxygen atoms in total. The van der Waals surface area contributed by atoms with Gasteiger partial charge < -0.3 is 19.5 Å². The predicted molar refractivity (Wildman–Crippen MR) is 127 cm³/mol. The van der Waals surface area contributed by atoms with Crippen LogP contribution < -0.4 is 10.6 Å². The van der Waals surface area contributed by atoms with Crippen LogP contribution in [0.2, 0.25) is 0 Å². The molecule has 5 rings (SSSR count). The van der Waals surface area contributed by atoms with Gasteiger partial charge in [0.1, 0.15) is 11.5 Å². The molecule has 36 heavy (non-hydrogen) atoms.